The molecular weight excluding hydrogens is 241 g/mol. The van der Waals surface area contributed by atoms with Gasteiger partial charge >= 0.3 is 0 Å². The Morgan fingerprint density at radius 3 is 2.71 bits per heavy atom. The maximum Gasteiger partial charge on any atom is 0.235 e. The highest BCUT2D eigenvalue weighted by Gasteiger charge is 2.37. The van der Waals surface area contributed by atoms with E-state index in [-0.39, 0.29) is 0 Å². The van der Waals surface area contributed by atoms with Crippen LogP contribution in [0.4, 0.5) is 4.39 Å². The Balaban J connectivity index is 2.57. The van der Waals surface area contributed by atoms with Gasteiger partial charge in [-0.3, -0.25) is 0 Å². The van der Waals surface area contributed by atoms with Crippen molar-refractivity contribution in [2.45, 2.75) is 37.9 Å². The molecule has 0 atom stereocenters. The van der Waals surface area contributed by atoms with Crippen LogP contribution in [0.5, 0.6) is 0 Å². The number of isocyanates is 1. The summed E-state index contributed by atoms with van der Waals surface area (Å²) in [7, 11) is 0. The highest BCUT2D eigenvalue weighted by molar-refractivity contribution is 6.31. The van der Waals surface area contributed by atoms with Gasteiger partial charge in [-0.05, 0) is 24.5 Å². The summed E-state index contributed by atoms with van der Waals surface area (Å²) in [4.78, 5) is 14.5. The van der Waals surface area contributed by atoms with E-state index in [2.05, 4.69) is 4.99 Å². The second kappa shape index (κ2) is 4.99. The van der Waals surface area contributed by atoms with Crippen molar-refractivity contribution in [1.29, 1.82) is 0 Å². The fraction of sp³-hybridized carbons (Fsp3) is 0.462. The standard InChI is InChI=1S/C13H13ClFNO/c14-12-5-3-4-11(10(12)8-15)13(16-9-17)6-1-2-7-13/h3-5H,1-2,6-8H2. The third kappa shape index (κ3) is 2.13. The Labute approximate surface area is 105 Å². The number of aliphatic imine (C=N–C) groups is 1. The van der Waals surface area contributed by atoms with Crippen LogP contribution in [0.2, 0.25) is 5.02 Å². The topological polar surface area (TPSA) is 29.4 Å². The molecule has 0 radical (unpaired) electrons. The van der Waals surface area contributed by atoms with E-state index >= 15 is 0 Å². The van der Waals surface area contributed by atoms with E-state index in [1.807, 2.05) is 6.07 Å². The molecule has 1 aliphatic rings. The van der Waals surface area contributed by atoms with Gasteiger partial charge in [0.25, 0.3) is 0 Å². The van der Waals surface area contributed by atoms with Crippen molar-refractivity contribution in [3.05, 3.63) is 34.3 Å². The zero-order valence-corrected chi connectivity index (χ0v) is 10.1. The largest absolute Gasteiger partial charge is 0.246 e. The third-order valence-corrected chi connectivity index (χ3v) is 3.80. The fourth-order valence-corrected chi connectivity index (χ4v) is 2.84. The van der Waals surface area contributed by atoms with Gasteiger partial charge < -0.3 is 0 Å². The van der Waals surface area contributed by atoms with Gasteiger partial charge in [0.05, 0.1) is 5.54 Å². The lowest BCUT2D eigenvalue weighted by atomic mass is 9.86. The minimum Gasteiger partial charge on any atom is -0.246 e. The molecule has 1 aromatic carbocycles. The van der Waals surface area contributed by atoms with Gasteiger partial charge in [-0.25, -0.2) is 9.18 Å². The van der Waals surface area contributed by atoms with Gasteiger partial charge in [0.2, 0.25) is 6.08 Å². The first-order valence-corrected chi connectivity index (χ1v) is 6.04. The molecule has 2 nitrogen and oxygen atoms in total. The molecule has 4 heteroatoms. The van der Waals surface area contributed by atoms with Crippen LogP contribution in [-0.2, 0) is 17.0 Å². The number of carbonyl (C=O) groups excluding carboxylic acids is 1. The summed E-state index contributed by atoms with van der Waals surface area (Å²) in [5.74, 6) is 0. The zero-order valence-electron chi connectivity index (χ0n) is 9.38. The Morgan fingerprint density at radius 1 is 1.41 bits per heavy atom. The highest BCUT2D eigenvalue weighted by Crippen LogP contribution is 2.44. The van der Waals surface area contributed by atoms with Crippen molar-refractivity contribution >= 4 is 17.7 Å². The molecule has 0 N–H and O–H groups in total. The highest BCUT2D eigenvalue weighted by atomic mass is 35.5. The maximum absolute atomic E-state index is 13.1. The number of alkyl halides is 1. The smallest absolute Gasteiger partial charge is 0.235 e. The summed E-state index contributed by atoms with van der Waals surface area (Å²) < 4.78 is 13.1. The van der Waals surface area contributed by atoms with Crippen LogP contribution >= 0.6 is 11.6 Å². The monoisotopic (exact) mass is 253 g/mol. The first-order chi connectivity index (χ1) is 8.23. The number of hydrogen-bond donors (Lipinski definition) is 0. The summed E-state index contributed by atoms with van der Waals surface area (Å²) in [6.45, 7) is -0.634. The average molecular weight is 254 g/mol. The normalized spacial score (nSPS) is 17.8. The molecule has 0 unspecified atom stereocenters. The molecule has 17 heavy (non-hydrogen) atoms. The SMILES string of the molecule is O=C=NC1(c2cccc(Cl)c2CF)CCCC1. The predicted octanol–water partition coefficient (Wildman–Crippen LogP) is 3.91. The second-order valence-electron chi connectivity index (χ2n) is 4.34. The van der Waals surface area contributed by atoms with Crippen molar-refractivity contribution < 1.29 is 9.18 Å². The van der Waals surface area contributed by atoms with Crippen LogP contribution in [0.25, 0.3) is 0 Å². The lowest BCUT2D eigenvalue weighted by molar-refractivity contribution is 0.431. The van der Waals surface area contributed by atoms with E-state index in [1.165, 1.54) is 0 Å². The van der Waals surface area contributed by atoms with Gasteiger partial charge in [0, 0.05) is 10.6 Å². The first kappa shape index (κ1) is 12.3. The quantitative estimate of drug-likeness (QED) is 0.593. The molecule has 90 valence electrons. The molecular formula is C13H13ClFNO. The van der Waals surface area contributed by atoms with Gasteiger partial charge in [-0.2, -0.15) is 4.99 Å². The number of rotatable bonds is 3. The Morgan fingerprint density at radius 2 is 2.12 bits per heavy atom. The minimum atomic E-state index is -0.634. The Bertz CT molecular complexity index is 462. The predicted molar refractivity (Wildman–Crippen MR) is 64.5 cm³/mol. The van der Waals surface area contributed by atoms with Crippen molar-refractivity contribution in [3.8, 4) is 0 Å². The molecule has 0 amide bonds. The zero-order chi connectivity index (χ0) is 12.3. The van der Waals surface area contributed by atoms with Crippen molar-refractivity contribution in [2.75, 3.05) is 0 Å². The number of halogens is 2. The van der Waals surface area contributed by atoms with Gasteiger partial charge in [-0.15, -0.1) is 0 Å². The van der Waals surface area contributed by atoms with Crippen molar-refractivity contribution in [3.63, 3.8) is 0 Å². The maximum atomic E-state index is 13.1. The van der Waals surface area contributed by atoms with Crippen LogP contribution in [0.3, 0.4) is 0 Å². The lowest BCUT2D eigenvalue weighted by Gasteiger charge is -2.25. The molecule has 0 aromatic heterocycles. The number of hydrogen-bond acceptors (Lipinski definition) is 2. The Kier molecular flexibility index (Phi) is 3.60. The molecule has 0 saturated heterocycles. The molecule has 0 aliphatic heterocycles. The van der Waals surface area contributed by atoms with Crippen LogP contribution in [0.1, 0.15) is 36.8 Å². The molecule has 1 fully saturated rings. The molecule has 1 aromatic rings. The molecule has 0 bridgehead atoms. The number of benzene rings is 1. The van der Waals surface area contributed by atoms with Crippen molar-refractivity contribution in [1.82, 2.24) is 0 Å². The average Bonchev–Trinajstić information content (AvgIpc) is 2.79. The lowest BCUT2D eigenvalue weighted by Crippen LogP contribution is -2.21. The van der Waals surface area contributed by atoms with Crippen molar-refractivity contribution in [2.24, 2.45) is 4.99 Å². The minimum absolute atomic E-state index is 0.400. The van der Waals surface area contributed by atoms with Crippen LogP contribution in [-0.4, -0.2) is 6.08 Å². The summed E-state index contributed by atoms with van der Waals surface area (Å²) in [6, 6.07) is 5.25. The molecule has 0 heterocycles. The van der Waals surface area contributed by atoms with E-state index in [4.69, 9.17) is 11.6 Å². The first-order valence-electron chi connectivity index (χ1n) is 5.66. The summed E-state index contributed by atoms with van der Waals surface area (Å²) in [6.07, 6.45) is 5.13. The molecule has 2 rings (SSSR count). The van der Waals surface area contributed by atoms with E-state index in [1.54, 1.807) is 18.2 Å². The van der Waals surface area contributed by atoms with Crippen LogP contribution in [0, 0.1) is 0 Å². The fourth-order valence-electron chi connectivity index (χ4n) is 2.62. The molecule has 1 aliphatic carbocycles. The molecule has 0 spiro atoms. The molecule has 1 saturated carbocycles. The summed E-state index contributed by atoms with van der Waals surface area (Å²) in [5, 5.41) is 0.400. The van der Waals surface area contributed by atoms with Gasteiger partial charge in [0.15, 0.2) is 0 Å². The van der Waals surface area contributed by atoms with E-state index in [0.717, 1.165) is 31.2 Å². The van der Waals surface area contributed by atoms with E-state index < -0.39 is 12.2 Å². The van der Waals surface area contributed by atoms with E-state index in [9.17, 15) is 9.18 Å². The van der Waals surface area contributed by atoms with Gasteiger partial charge in [-0.1, -0.05) is 36.6 Å². The number of nitrogens with zero attached hydrogens (tertiary/aromatic N) is 1. The summed E-state index contributed by atoms with van der Waals surface area (Å²) in [5.41, 5.74) is 0.595. The third-order valence-electron chi connectivity index (χ3n) is 3.44. The van der Waals surface area contributed by atoms with Crippen LogP contribution < -0.4 is 0 Å². The van der Waals surface area contributed by atoms with Gasteiger partial charge in [0.1, 0.15) is 6.67 Å². The van der Waals surface area contributed by atoms with E-state index in [0.29, 0.717) is 10.6 Å². The second-order valence-corrected chi connectivity index (χ2v) is 4.75. The summed E-state index contributed by atoms with van der Waals surface area (Å²) >= 11 is 5.99. The van der Waals surface area contributed by atoms with Crippen LogP contribution in [0.15, 0.2) is 23.2 Å². The Hall–Kier alpha value is -1.18.